The monoisotopic (exact) mass is 437 g/mol. The first-order chi connectivity index (χ1) is 14.9. The van der Waals surface area contributed by atoms with Crippen LogP contribution in [0.15, 0.2) is 61.1 Å². The zero-order chi connectivity index (χ0) is 21.8. The van der Waals surface area contributed by atoms with Crippen LogP contribution in [0, 0.1) is 5.92 Å². The molecule has 3 aromatic rings. The van der Waals surface area contributed by atoms with Crippen molar-refractivity contribution in [1.82, 2.24) is 15.3 Å². The Hall–Kier alpha value is -2.96. The van der Waals surface area contributed by atoms with Crippen LogP contribution in [0.3, 0.4) is 0 Å². The van der Waals surface area contributed by atoms with Crippen LogP contribution in [0.2, 0.25) is 5.02 Å². The van der Waals surface area contributed by atoms with Crippen LogP contribution in [0.4, 0.5) is 0 Å². The molecule has 6 nitrogen and oxygen atoms in total. The smallest absolute Gasteiger partial charge is 0.252 e. The molecule has 0 radical (unpaired) electrons. The van der Waals surface area contributed by atoms with Gasteiger partial charge in [-0.3, -0.25) is 9.78 Å². The third kappa shape index (κ3) is 5.40. The molecule has 160 valence electrons. The van der Waals surface area contributed by atoms with Gasteiger partial charge in [0.05, 0.1) is 11.2 Å². The van der Waals surface area contributed by atoms with Crippen LogP contribution in [0.25, 0.3) is 11.1 Å². The highest BCUT2D eigenvalue weighted by Gasteiger charge is 2.40. The Labute approximate surface area is 186 Å². The molecule has 2 aromatic heterocycles. The molecule has 7 heteroatoms. The average Bonchev–Trinajstić information content (AvgIpc) is 3.64. The summed E-state index contributed by atoms with van der Waals surface area (Å²) in [6.07, 6.45) is 6.89. The summed E-state index contributed by atoms with van der Waals surface area (Å²) >= 11 is 6.04. The highest BCUT2D eigenvalue weighted by molar-refractivity contribution is 6.30. The molecule has 0 bridgehead atoms. The number of aliphatic hydroxyl groups is 1. The van der Waals surface area contributed by atoms with Crippen molar-refractivity contribution < 1.29 is 14.6 Å². The first kappa shape index (κ1) is 21.3. The van der Waals surface area contributed by atoms with Crippen LogP contribution < -0.4 is 10.1 Å². The Balaban J connectivity index is 1.56. The lowest BCUT2D eigenvalue weighted by Crippen LogP contribution is -2.42. The molecule has 1 aliphatic carbocycles. The van der Waals surface area contributed by atoms with Crippen molar-refractivity contribution in [2.45, 2.75) is 32.0 Å². The Bertz CT molecular complexity index is 1050. The van der Waals surface area contributed by atoms with E-state index in [1.807, 2.05) is 24.3 Å². The molecule has 1 fully saturated rings. The van der Waals surface area contributed by atoms with Crippen molar-refractivity contribution in [3.63, 3.8) is 0 Å². The van der Waals surface area contributed by atoms with E-state index in [2.05, 4.69) is 15.3 Å². The second kappa shape index (κ2) is 9.04. The van der Waals surface area contributed by atoms with Crippen molar-refractivity contribution in [3.05, 3.63) is 77.2 Å². The van der Waals surface area contributed by atoms with E-state index in [1.54, 1.807) is 37.5 Å². The van der Waals surface area contributed by atoms with Gasteiger partial charge in [0, 0.05) is 35.7 Å². The fourth-order valence-corrected chi connectivity index (χ4v) is 3.50. The fourth-order valence-electron chi connectivity index (χ4n) is 3.37. The standard InChI is InChI=1S/C24H24ClN3O3/c1-24(30,19-4-5-19)15-28-22(29)18-12-21(17-2-6-20(25)7-3-17)23(27-13-18)31-14-16-8-10-26-11-9-16/h2-3,6-13,19,30H,4-5,14-15H2,1H3,(H,28,29). The molecule has 1 saturated carbocycles. The fraction of sp³-hybridized carbons (Fsp3) is 0.292. The van der Waals surface area contributed by atoms with Gasteiger partial charge < -0.3 is 15.2 Å². The summed E-state index contributed by atoms with van der Waals surface area (Å²) in [6.45, 7) is 2.29. The number of carbonyl (C=O) groups excluding carboxylic acids is 1. The summed E-state index contributed by atoms with van der Waals surface area (Å²) in [5.41, 5.74) is 1.99. The second-order valence-corrected chi connectivity index (χ2v) is 8.48. The normalized spacial score (nSPS) is 15.2. The van der Waals surface area contributed by atoms with Gasteiger partial charge in [-0.15, -0.1) is 0 Å². The van der Waals surface area contributed by atoms with Crippen LogP contribution in [0.5, 0.6) is 5.88 Å². The third-order valence-corrected chi connectivity index (χ3v) is 5.71. The molecule has 0 spiro atoms. The summed E-state index contributed by atoms with van der Waals surface area (Å²) in [7, 11) is 0. The van der Waals surface area contributed by atoms with Crippen LogP contribution in [-0.2, 0) is 6.61 Å². The predicted molar refractivity (Wildman–Crippen MR) is 119 cm³/mol. The quantitative estimate of drug-likeness (QED) is 0.549. The third-order valence-electron chi connectivity index (χ3n) is 5.46. The van der Waals surface area contributed by atoms with Gasteiger partial charge in [-0.05, 0) is 67.1 Å². The average molecular weight is 438 g/mol. The summed E-state index contributed by atoms with van der Waals surface area (Å²) in [4.78, 5) is 21.2. The van der Waals surface area contributed by atoms with Crippen LogP contribution in [0.1, 0.15) is 35.7 Å². The highest BCUT2D eigenvalue weighted by atomic mass is 35.5. The summed E-state index contributed by atoms with van der Waals surface area (Å²) in [5.74, 6) is 0.379. The van der Waals surface area contributed by atoms with Crippen molar-refractivity contribution in [3.8, 4) is 17.0 Å². The van der Waals surface area contributed by atoms with E-state index < -0.39 is 5.60 Å². The van der Waals surface area contributed by atoms with E-state index in [1.165, 1.54) is 6.20 Å². The molecule has 0 saturated heterocycles. The van der Waals surface area contributed by atoms with Gasteiger partial charge in [0.1, 0.15) is 6.61 Å². The zero-order valence-electron chi connectivity index (χ0n) is 17.2. The lowest BCUT2D eigenvalue weighted by atomic mass is 10.0. The number of amides is 1. The first-order valence-electron chi connectivity index (χ1n) is 10.2. The Kier molecular flexibility index (Phi) is 6.20. The molecule has 31 heavy (non-hydrogen) atoms. The predicted octanol–water partition coefficient (Wildman–Crippen LogP) is 4.27. The van der Waals surface area contributed by atoms with E-state index in [-0.39, 0.29) is 18.4 Å². The lowest BCUT2D eigenvalue weighted by molar-refractivity contribution is 0.0354. The number of pyridine rings is 2. The molecule has 1 aliphatic rings. The number of ether oxygens (including phenoxy) is 1. The maximum atomic E-state index is 12.7. The maximum Gasteiger partial charge on any atom is 0.252 e. The topological polar surface area (TPSA) is 84.3 Å². The number of carbonyl (C=O) groups is 1. The molecule has 4 rings (SSSR count). The molecule has 1 atom stereocenters. The zero-order valence-corrected chi connectivity index (χ0v) is 18.0. The van der Waals surface area contributed by atoms with Gasteiger partial charge in [0.2, 0.25) is 5.88 Å². The van der Waals surface area contributed by atoms with Crippen LogP contribution >= 0.6 is 11.6 Å². The van der Waals surface area contributed by atoms with Crippen molar-refractivity contribution >= 4 is 17.5 Å². The number of hydrogen-bond acceptors (Lipinski definition) is 5. The second-order valence-electron chi connectivity index (χ2n) is 8.04. The van der Waals surface area contributed by atoms with E-state index in [4.69, 9.17) is 16.3 Å². The molecular weight excluding hydrogens is 414 g/mol. The number of hydrogen-bond donors (Lipinski definition) is 2. The summed E-state index contributed by atoms with van der Waals surface area (Å²) in [6, 6.07) is 12.8. The number of benzene rings is 1. The molecule has 1 aromatic carbocycles. The van der Waals surface area contributed by atoms with Crippen molar-refractivity contribution in [1.29, 1.82) is 0 Å². The SMILES string of the molecule is CC(O)(CNC(=O)c1cnc(OCc2ccncc2)c(-c2ccc(Cl)cc2)c1)C1CC1. The van der Waals surface area contributed by atoms with Crippen molar-refractivity contribution in [2.24, 2.45) is 5.92 Å². The minimum absolute atomic E-state index is 0.201. The Morgan fingerprint density at radius 1 is 1.23 bits per heavy atom. The van der Waals surface area contributed by atoms with E-state index in [0.717, 1.165) is 24.0 Å². The minimum atomic E-state index is -0.893. The lowest BCUT2D eigenvalue weighted by Gasteiger charge is -2.23. The van der Waals surface area contributed by atoms with E-state index in [0.29, 0.717) is 28.6 Å². The molecule has 1 unspecified atom stereocenters. The number of nitrogens with one attached hydrogen (secondary N) is 1. The maximum absolute atomic E-state index is 12.7. The summed E-state index contributed by atoms with van der Waals surface area (Å²) < 4.78 is 5.95. The number of aromatic nitrogens is 2. The number of nitrogens with zero attached hydrogens (tertiary/aromatic N) is 2. The first-order valence-corrected chi connectivity index (χ1v) is 10.6. The molecule has 2 N–H and O–H groups in total. The molecule has 1 amide bonds. The van der Waals surface area contributed by atoms with Gasteiger partial charge >= 0.3 is 0 Å². The van der Waals surface area contributed by atoms with Gasteiger partial charge in [-0.25, -0.2) is 4.98 Å². The molecule has 0 aliphatic heterocycles. The molecular formula is C24H24ClN3O3. The largest absolute Gasteiger partial charge is 0.472 e. The summed E-state index contributed by atoms with van der Waals surface area (Å²) in [5, 5.41) is 13.9. The molecule has 2 heterocycles. The van der Waals surface area contributed by atoms with Gasteiger partial charge in [0.25, 0.3) is 5.91 Å². The van der Waals surface area contributed by atoms with Gasteiger partial charge in [-0.2, -0.15) is 0 Å². The Morgan fingerprint density at radius 3 is 2.61 bits per heavy atom. The highest BCUT2D eigenvalue weighted by Crippen LogP contribution is 2.39. The van der Waals surface area contributed by atoms with E-state index >= 15 is 0 Å². The van der Waals surface area contributed by atoms with Gasteiger partial charge in [-0.1, -0.05) is 23.7 Å². The van der Waals surface area contributed by atoms with E-state index in [9.17, 15) is 9.90 Å². The number of rotatable bonds is 8. The van der Waals surface area contributed by atoms with Gasteiger partial charge in [0.15, 0.2) is 0 Å². The number of halogens is 1. The van der Waals surface area contributed by atoms with Crippen LogP contribution in [-0.4, -0.2) is 33.1 Å². The minimum Gasteiger partial charge on any atom is -0.472 e. The van der Waals surface area contributed by atoms with Crippen molar-refractivity contribution in [2.75, 3.05) is 6.54 Å². The Morgan fingerprint density at radius 2 is 1.94 bits per heavy atom.